The number of nitrogens with one attached hydrogen (secondary N) is 1. The van der Waals surface area contributed by atoms with Crippen molar-refractivity contribution in [1.82, 2.24) is 5.32 Å². The van der Waals surface area contributed by atoms with E-state index in [0.29, 0.717) is 43.2 Å². The molecule has 7 heteroatoms. The molecule has 0 aliphatic carbocycles. The summed E-state index contributed by atoms with van der Waals surface area (Å²) in [5, 5.41) is 14.0. The highest BCUT2D eigenvalue weighted by atomic mass is 35.5. The summed E-state index contributed by atoms with van der Waals surface area (Å²) in [5.74, 6) is 0.0818. The first kappa shape index (κ1) is 17.4. The lowest BCUT2D eigenvalue weighted by Crippen LogP contribution is -2.45. The molecule has 1 saturated heterocycles. The van der Waals surface area contributed by atoms with Crippen LogP contribution in [0.15, 0.2) is 18.2 Å². The minimum atomic E-state index is -2.90. The third-order valence-corrected chi connectivity index (χ3v) is 4.05. The molecule has 0 radical (unpaired) electrons. The molecule has 1 aliphatic heterocycles. The Labute approximate surface area is 133 Å². The van der Waals surface area contributed by atoms with E-state index in [0.717, 1.165) is 0 Å². The second-order valence-corrected chi connectivity index (χ2v) is 5.94. The number of halogens is 3. The van der Waals surface area contributed by atoms with Crippen LogP contribution in [0.1, 0.15) is 31.4 Å². The summed E-state index contributed by atoms with van der Waals surface area (Å²) in [6, 6.07) is 4.22. The van der Waals surface area contributed by atoms with Gasteiger partial charge in [0.25, 0.3) is 0 Å². The van der Waals surface area contributed by atoms with Gasteiger partial charge in [-0.2, -0.15) is 8.78 Å². The highest BCUT2D eigenvalue weighted by Gasteiger charge is 2.30. The standard InChI is InChI=1S/C15H20ClF2NO3/c1-10(19-9-15(20)4-6-21-7-5-15)12-8-11(16)2-3-13(12)22-14(17)18/h2-3,8,10,14,19-20H,4-7,9H2,1H3. The van der Waals surface area contributed by atoms with E-state index in [4.69, 9.17) is 16.3 Å². The lowest BCUT2D eigenvalue weighted by molar-refractivity contribution is -0.0632. The van der Waals surface area contributed by atoms with Crippen molar-refractivity contribution in [3.8, 4) is 5.75 Å². The van der Waals surface area contributed by atoms with Gasteiger partial charge in [-0.15, -0.1) is 0 Å². The van der Waals surface area contributed by atoms with E-state index in [2.05, 4.69) is 10.1 Å². The van der Waals surface area contributed by atoms with Crippen molar-refractivity contribution in [2.24, 2.45) is 0 Å². The molecule has 1 fully saturated rings. The number of ether oxygens (including phenoxy) is 2. The minimum absolute atomic E-state index is 0.0818. The largest absolute Gasteiger partial charge is 0.434 e. The monoisotopic (exact) mass is 335 g/mol. The van der Waals surface area contributed by atoms with Gasteiger partial charge in [0.2, 0.25) is 0 Å². The van der Waals surface area contributed by atoms with Crippen molar-refractivity contribution in [3.63, 3.8) is 0 Å². The highest BCUT2D eigenvalue weighted by Crippen LogP contribution is 2.30. The Morgan fingerprint density at radius 1 is 1.41 bits per heavy atom. The van der Waals surface area contributed by atoms with Crippen molar-refractivity contribution in [2.75, 3.05) is 19.8 Å². The summed E-state index contributed by atoms with van der Waals surface area (Å²) < 4.78 is 34.7. The highest BCUT2D eigenvalue weighted by molar-refractivity contribution is 6.30. The maximum Gasteiger partial charge on any atom is 0.387 e. The first-order valence-electron chi connectivity index (χ1n) is 7.17. The molecule has 0 aromatic heterocycles. The number of aliphatic hydroxyl groups is 1. The van der Waals surface area contributed by atoms with E-state index in [-0.39, 0.29) is 11.8 Å². The molecule has 4 nitrogen and oxygen atoms in total. The van der Waals surface area contributed by atoms with Crippen LogP contribution in [0.3, 0.4) is 0 Å². The van der Waals surface area contributed by atoms with Crippen LogP contribution < -0.4 is 10.1 Å². The zero-order chi connectivity index (χ0) is 16.2. The molecule has 0 spiro atoms. The summed E-state index contributed by atoms with van der Waals surface area (Å²) in [5.41, 5.74) is -0.307. The van der Waals surface area contributed by atoms with Crippen molar-refractivity contribution in [2.45, 2.75) is 38.0 Å². The van der Waals surface area contributed by atoms with Crippen LogP contribution in [-0.4, -0.2) is 37.1 Å². The molecule has 1 unspecified atom stereocenters. The predicted octanol–water partition coefficient (Wildman–Crippen LogP) is 3.13. The van der Waals surface area contributed by atoms with Crippen LogP contribution in [0.5, 0.6) is 5.75 Å². The Balaban J connectivity index is 2.04. The second kappa shape index (κ2) is 7.55. The van der Waals surface area contributed by atoms with Gasteiger partial charge in [0.15, 0.2) is 0 Å². The number of alkyl halides is 2. The lowest BCUT2D eigenvalue weighted by atomic mass is 9.94. The van der Waals surface area contributed by atoms with E-state index in [9.17, 15) is 13.9 Å². The Morgan fingerprint density at radius 3 is 2.73 bits per heavy atom. The topological polar surface area (TPSA) is 50.7 Å². The fourth-order valence-corrected chi connectivity index (χ4v) is 2.62. The van der Waals surface area contributed by atoms with Gasteiger partial charge in [0.05, 0.1) is 5.60 Å². The maximum atomic E-state index is 12.5. The first-order valence-corrected chi connectivity index (χ1v) is 7.55. The molecule has 1 aliphatic rings. The number of hydrogen-bond donors (Lipinski definition) is 2. The van der Waals surface area contributed by atoms with Gasteiger partial charge >= 0.3 is 6.61 Å². The van der Waals surface area contributed by atoms with Gasteiger partial charge in [0.1, 0.15) is 5.75 Å². The number of hydrogen-bond acceptors (Lipinski definition) is 4. The fraction of sp³-hybridized carbons (Fsp3) is 0.600. The maximum absolute atomic E-state index is 12.5. The third-order valence-electron chi connectivity index (χ3n) is 3.82. The Hall–Kier alpha value is -0.950. The Kier molecular flexibility index (Phi) is 5.97. The molecule has 0 amide bonds. The normalized spacial score (nSPS) is 19.2. The van der Waals surface area contributed by atoms with Crippen LogP contribution in [0.2, 0.25) is 5.02 Å². The van der Waals surface area contributed by atoms with E-state index in [1.54, 1.807) is 6.07 Å². The predicted molar refractivity (Wildman–Crippen MR) is 79.5 cm³/mol. The quantitative estimate of drug-likeness (QED) is 0.838. The van der Waals surface area contributed by atoms with Crippen LogP contribution in [0, 0.1) is 0 Å². The van der Waals surface area contributed by atoms with Gasteiger partial charge in [-0.05, 0) is 25.1 Å². The van der Waals surface area contributed by atoms with E-state index in [1.165, 1.54) is 12.1 Å². The van der Waals surface area contributed by atoms with Gasteiger partial charge in [-0.25, -0.2) is 0 Å². The average Bonchev–Trinajstić information content (AvgIpc) is 2.47. The number of benzene rings is 1. The molecule has 1 heterocycles. The Morgan fingerprint density at radius 2 is 2.09 bits per heavy atom. The fourth-order valence-electron chi connectivity index (χ4n) is 2.44. The summed E-state index contributed by atoms with van der Waals surface area (Å²) in [6.45, 7) is 0.296. The summed E-state index contributed by atoms with van der Waals surface area (Å²) in [7, 11) is 0. The molecule has 0 bridgehead atoms. The molecule has 1 aromatic rings. The average molecular weight is 336 g/mol. The van der Waals surface area contributed by atoms with Crippen LogP contribution >= 0.6 is 11.6 Å². The summed E-state index contributed by atoms with van der Waals surface area (Å²) >= 11 is 5.94. The summed E-state index contributed by atoms with van der Waals surface area (Å²) in [4.78, 5) is 0. The van der Waals surface area contributed by atoms with Gasteiger partial charge in [0, 0.05) is 49.2 Å². The van der Waals surface area contributed by atoms with E-state index < -0.39 is 12.2 Å². The minimum Gasteiger partial charge on any atom is -0.434 e. The third kappa shape index (κ3) is 4.78. The number of rotatable bonds is 6. The molecule has 1 atom stereocenters. The smallest absolute Gasteiger partial charge is 0.387 e. The van der Waals surface area contributed by atoms with Gasteiger partial charge in [-0.3, -0.25) is 0 Å². The zero-order valence-corrected chi connectivity index (χ0v) is 13.1. The molecular formula is C15H20ClF2NO3. The van der Waals surface area contributed by atoms with Crippen molar-refractivity contribution < 1.29 is 23.4 Å². The van der Waals surface area contributed by atoms with Crippen molar-refractivity contribution in [1.29, 1.82) is 0 Å². The zero-order valence-electron chi connectivity index (χ0n) is 12.3. The Bertz CT molecular complexity index is 496. The molecule has 2 rings (SSSR count). The molecule has 124 valence electrons. The first-order chi connectivity index (χ1) is 10.4. The molecule has 2 N–H and O–H groups in total. The molecule has 0 saturated carbocycles. The SMILES string of the molecule is CC(NCC1(O)CCOCC1)c1cc(Cl)ccc1OC(F)F. The van der Waals surface area contributed by atoms with Crippen LogP contribution in [0.4, 0.5) is 8.78 Å². The van der Waals surface area contributed by atoms with Gasteiger partial charge in [-0.1, -0.05) is 11.6 Å². The lowest BCUT2D eigenvalue weighted by Gasteiger charge is -2.33. The van der Waals surface area contributed by atoms with Crippen molar-refractivity contribution in [3.05, 3.63) is 28.8 Å². The van der Waals surface area contributed by atoms with Crippen LogP contribution in [0.25, 0.3) is 0 Å². The summed E-state index contributed by atoms with van der Waals surface area (Å²) in [6.07, 6.45) is 1.09. The molecule has 22 heavy (non-hydrogen) atoms. The van der Waals surface area contributed by atoms with E-state index in [1.807, 2.05) is 6.92 Å². The van der Waals surface area contributed by atoms with E-state index >= 15 is 0 Å². The molecular weight excluding hydrogens is 316 g/mol. The molecule has 1 aromatic carbocycles. The van der Waals surface area contributed by atoms with Gasteiger partial charge < -0.3 is 19.9 Å². The second-order valence-electron chi connectivity index (χ2n) is 5.50. The van der Waals surface area contributed by atoms with Crippen molar-refractivity contribution >= 4 is 11.6 Å². The van der Waals surface area contributed by atoms with Crippen LogP contribution in [-0.2, 0) is 4.74 Å².